The van der Waals surface area contributed by atoms with Gasteiger partial charge in [-0.2, -0.15) is 0 Å². The van der Waals surface area contributed by atoms with Crippen LogP contribution in [0.3, 0.4) is 0 Å². The highest BCUT2D eigenvalue weighted by molar-refractivity contribution is 7.18. The zero-order chi connectivity index (χ0) is 25.3. The molecule has 4 aromatic rings. The summed E-state index contributed by atoms with van der Waals surface area (Å²) >= 11 is 1.32. The number of rotatable bonds is 9. The van der Waals surface area contributed by atoms with Gasteiger partial charge in [-0.05, 0) is 31.1 Å². The topological polar surface area (TPSA) is 75.2 Å². The second kappa shape index (κ2) is 12.0. The van der Waals surface area contributed by atoms with Crippen molar-refractivity contribution in [2.45, 2.75) is 26.3 Å². The molecular weight excluding hydrogens is 468 g/mol. The van der Waals surface area contributed by atoms with Crippen molar-refractivity contribution in [1.29, 1.82) is 0 Å². The molecule has 0 aliphatic carbocycles. The summed E-state index contributed by atoms with van der Waals surface area (Å²) in [7, 11) is 0. The highest BCUT2D eigenvalue weighted by Crippen LogP contribution is 2.27. The molecule has 1 atom stereocenters. The van der Waals surface area contributed by atoms with Crippen LogP contribution in [0, 0.1) is 6.92 Å². The molecule has 1 aromatic heterocycles. The van der Waals surface area contributed by atoms with E-state index in [1.54, 1.807) is 17.1 Å². The molecule has 4 rings (SSSR count). The van der Waals surface area contributed by atoms with Crippen LogP contribution in [0.15, 0.2) is 91.0 Å². The maximum absolute atomic E-state index is 13.2. The van der Waals surface area contributed by atoms with Gasteiger partial charge in [0.05, 0.1) is 6.04 Å². The summed E-state index contributed by atoms with van der Waals surface area (Å²) in [5, 5.41) is 12.3. The first-order valence-electron chi connectivity index (χ1n) is 11.8. The molecule has 1 heterocycles. The summed E-state index contributed by atoms with van der Waals surface area (Å²) in [5.41, 5.74) is 4.07. The van der Waals surface area contributed by atoms with Gasteiger partial charge in [-0.15, -0.1) is 10.2 Å². The van der Waals surface area contributed by atoms with E-state index in [9.17, 15) is 9.59 Å². The second-order valence-electron chi connectivity index (χ2n) is 8.44. The van der Waals surface area contributed by atoms with Gasteiger partial charge in [-0.25, -0.2) is 0 Å². The summed E-state index contributed by atoms with van der Waals surface area (Å²) in [6.07, 6.45) is 3.49. The van der Waals surface area contributed by atoms with Crippen molar-refractivity contribution in [3.05, 3.63) is 108 Å². The Morgan fingerprint density at radius 3 is 2.31 bits per heavy atom. The molecule has 36 heavy (non-hydrogen) atoms. The Balaban J connectivity index is 1.42. The summed E-state index contributed by atoms with van der Waals surface area (Å²) in [5.74, 6) is -0.368. The molecule has 0 aliphatic heterocycles. The summed E-state index contributed by atoms with van der Waals surface area (Å²) in [6.45, 7) is 4.27. The number of amides is 2. The van der Waals surface area contributed by atoms with Crippen LogP contribution in [-0.4, -0.2) is 33.5 Å². The lowest BCUT2D eigenvalue weighted by Gasteiger charge is -2.28. The van der Waals surface area contributed by atoms with E-state index in [2.05, 4.69) is 15.5 Å². The van der Waals surface area contributed by atoms with Gasteiger partial charge in [0.25, 0.3) is 0 Å². The highest BCUT2D eigenvalue weighted by atomic mass is 32.1. The molecule has 0 unspecified atom stereocenters. The Kier molecular flexibility index (Phi) is 8.36. The highest BCUT2D eigenvalue weighted by Gasteiger charge is 2.21. The third-order valence-corrected chi connectivity index (χ3v) is 6.69. The van der Waals surface area contributed by atoms with Crippen molar-refractivity contribution in [3.8, 4) is 10.6 Å². The Hall–Kier alpha value is -4.10. The van der Waals surface area contributed by atoms with E-state index < -0.39 is 0 Å². The lowest BCUT2D eigenvalue weighted by molar-refractivity contribution is -0.128. The fourth-order valence-electron chi connectivity index (χ4n) is 3.72. The molecule has 0 fully saturated rings. The SMILES string of the molecule is Cc1ccc(-c2nnc(NC(=O)CCN(C(=O)/C=C/c3ccccc3)[C@H](C)c3ccccc3)s2)cc1. The molecule has 0 saturated carbocycles. The van der Waals surface area contributed by atoms with Crippen LogP contribution in [-0.2, 0) is 9.59 Å². The number of nitrogens with zero attached hydrogens (tertiary/aromatic N) is 3. The van der Waals surface area contributed by atoms with Gasteiger partial charge in [0.15, 0.2) is 0 Å². The smallest absolute Gasteiger partial charge is 0.247 e. The molecule has 0 aliphatic rings. The van der Waals surface area contributed by atoms with Gasteiger partial charge in [0.1, 0.15) is 5.01 Å². The van der Waals surface area contributed by atoms with Crippen molar-refractivity contribution in [2.24, 2.45) is 0 Å². The molecule has 3 aromatic carbocycles. The number of carbonyl (C=O) groups is 2. The first-order valence-corrected chi connectivity index (χ1v) is 12.6. The van der Waals surface area contributed by atoms with Crippen molar-refractivity contribution in [2.75, 3.05) is 11.9 Å². The minimum absolute atomic E-state index is 0.140. The number of aromatic nitrogens is 2. The predicted molar refractivity (Wildman–Crippen MR) is 145 cm³/mol. The third-order valence-electron chi connectivity index (χ3n) is 5.80. The normalized spacial score (nSPS) is 11.8. The van der Waals surface area contributed by atoms with Gasteiger partial charge >= 0.3 is 0 Å². The van der Waals surface area contributed by atoms with Crippen LogP contribution in [0.5, 0.6) is 0 Å². The molecule has 2 amide bonds. The van der Waals surface area contributed by atoms with Crippen molar-refractivity contribution in [1.82, 2.24) is 15.1 Å². The van der Waals surface area contributed by atoms with Crippen LogP contribution in [0.1, 0.15) is 36.1 Å². The van der Waals surface area contributed by atoms with Crippen molar-refractivity contribution in [3.63, 3.8) is 0 Å². The molecule has 182 valence electrons. The van der Waals surface area contributed by atoms with Gasteiger partial charge < -0.3 is 10.2 Å². The van der Waals surface area contributed by atoms with E-state index >= 15 is 0 Å². The monoisotopic (exact) mass is 496 g/mol. The predicted octanol–water partition coefficient (Wildman–Crippen LogP) is 6.15. The number of carbonyl (C=O) groups excluding carboxylic acids is 2. The lowest BCUT2D eigenvalue weighted by atomic mass is 10.1. The number of aryl methyl sites for hydroxylation is 1. The minimum atomic E-state index is -0.216. The van der Waals surface area contributed by atoms with Gasteiger partial charge in [-0.3, -0.25) is 9.59 Å². The summed E-state index contributed by atoms with van der Waals surface area (Å²) < 4.78 is 0. The van der Waals surface area contributed by atoms with E-state index in [0.717, 1.165) is 21.7 Å². The number of hydrogen-bond acceptors (Lipinski definition) is 5. The van der Waals surface area contributed by atoms with Crippen LogP contribution in [0.2, 0.25) is 0 Å². The zero-order valence-electron chi connectivity index (χ0n) is 20.3. The standard InChI is InChI=1S/C29H28N4O2S/c1-21-13-16-25(17-14-21)28-31-32-29(36-28)30-26(34)19-20-33(22(2)24-11-7-4-8-12-24)27(35)18-15-23-9-5-3-6-10-23/h3-18,22H,19-20H2,1-2H3,(H,30,32,34)/b18-15+/t22-/m1/s1. The largest absolute Gasteiger partial charge is 0.332 e. The quantitative estimate of drug-likeness (QED) is 0.282. The first kappa shape index (κ1) is 25.0. The second-order valence-corrected chi connectivity index (χ2v) is 9.42. The fourth-order valence-corrected chi connectivity index (χ4v) is 4.49. The minimum Gasteiger partial charge on any atom is -0.332 e. The average Bonchev–Trinajstić information content (AvgIpc) is 3.37. The van der Waals surface area contributed by atoms with E-state index in [4.69, 9.17) is 0 Å². The van der Waals surface area contributed by atoms with E-state index in [0.29, 0.717) is 5.13 Å². The van der Waals surface area contributed by atoms with Crippen molar-refractivity contribution >= 4 is 34.4 Å². The lowest BCUT2D eigenvalue weighted by Crippen LogP contribution is -2.35. The molecular formula is C29H28N4O2S. The van der Waals surface area contributed by atoms with Gasteiger partial charge in [0.2, 0.25) is 16.9 Å². The van der Waals surface area contributed by atoms with Gasteiger partial charge in [0, 0.05) is 24.6 Å². The van der Waals surface area contributed by atoms with E-state index in [-0.39, 0.29) is 30.8 Å². The van der Waals surface area contributed by atoms with E-state index in [1.165, 1.54) is 16.9 Å². The molecule has 0 spiro atoms. The Bertz CT molecular complexity index is 1320. The molecule has 7 heteroatoms. The van der Waals surface area contributed by atoms with Crippen molar-refractivity contribution < 1.29 is 9.59 Å². The Morgan fingerprint density at radius 1 is 0.944 bits per heavy atom. The number of hydrogen-bond donors (Lipinski definition) is 1. The maximum atomic E-state index is 13.2. The maximum Gasteiger partial charge on any atom is 0.247 e. The number of anilines is 1. The van der Waals surface area contributed by atoms with Crippen LogP contribution < -0.4 is 5.32 Å². The number of benzene rings is 3. The molecule has 0 radical (unpaired) electrons. The van der Waals surface area contributed by atoms with Crippen LogP contribution >= 0.6 is 11.3 Å². The zero-order valence-corrected chi connectivity index (χ0v) is 21.1. The molecule has 0 bridgehead atoms. The Labute approximate surface area is 215 Å². The fraction of sp³-hybridized carbons (Fsp3) is 0.172. The first-order chi connectivity index (χ1) is 17.5. The number of nitrogens with one attached hydrogen (secondary N) is 1. The van der Waals surface area contributed by atoms with E-state index in [1.807, 2.05) is 98.8 Å². The molecule has 0 saturated heterocycles. The summed E-state index contributed by atoms with van der Waals surface area (Å²) in [6, 6.07) is 27.3. The third kappa shape index (κ3) is 6.73. The Morgan fingerprint density at radius 2 is 1.61 bits per heavy atom. The van der Waals surface area contributed by atoms with Crippen LogP contribution in [0.4, 0.5) is 5.13 Å². The van der Waals surface area contributed by atoms with Gasteiger partial charge in [-0.1, -0.05) is 102 Å². The molecule has 6 nitrogen and oxygen atoms in total. The average molecular weight is 497 g/mol. The van der Waals surface area contributed by atoms with Crippen LogP contribution in [0.25, 0.3) is 16.6 Å². The summed E-state index contributed by atoms with van der Waals surface area (Å²) in [4.78, 5) is 27.6. The molecule has 1 N–H and O–H groups in total.